The molecule has 240 valence electrons. The van der Waals surface area contributed by atoms with E-state index in [1.165, 1.54) is 50.5 Å². The Bertz CT molecular complexity index is 1330. The molecule has 5 aliphatic carbocycles. The Hall–Kier alpha value is -3.10. The van der Waals surface area contributed by atoms with Gasteiger partial charge in [0, 0.05) is 24.6 Å². The predicted octanol–water partition coefficient (Wildman–Crippen LogP) is 6.03. The minimum atomic E-state index is -0.832. The first kappa shape index (κ1) is 30.9. The Morgan fingerprint density at radius 3 is 2.36 bits per heavy atom. The molecule has 5 saturated carbocycles. The lowest BCUT2D eigenvalue weighted by Gasteiger charge is -2.39. The van der Waals surface area contributed by atoms with Crippen LogP contribution in [0.4, 0.5) is 4.39 Å². The van der Waals surface area contributed by atoms with Gasteiger partial charge in [0.15, 0.2) is 11.6 Å². The van der Waals surface area contributed by atoms with Gasteiger partial charge >= 0.3 is 5.97 Å². The lowest BCUT2D eigenvalue weighted by Crippen LogP contribution is -2.52. The topological polar surface area (TPSA) is 114 Å². The molecule has 0 aliphatic heterocycles. The molecule has 2 amide bonds. The number of benzene rings is 1. The molecule has 2 bridgehead atoms. The second-order valence-corrected chi connectivity index (χ2v) is 14.8. The zero-order chi connectivity index (χ0) is 31.2. The number of methoxy groups -OCH3 is 1. The minimum Gasteiger partial charge on any atom is -0.496 e. The van der Waals surface area contributed by atoms with Crippen molar-refractivity contribution < 1.29 is 33.4 Å². The summed E-state index contributed by atoms with van der Waals surface area (Å²) in [5, 5.41) is 16.0. The summed E-state index contributed by atoms with van der Waals surface area (Å²) in [6.07, 6.45) is 12.7. The summed E-state index contributed by atoms with van der Waals surface area (Å²) in [6.45, 7) is 4.60. The van der Waals surface area contributed by atoms with Crippen LogP contribution in [0, 0.1) is 40.3 Å². The number of amides is 2. The van der Waals surface area contributed by atoms with Gasteiger partial charge in [-0.25, -0.2) is 4.39 Å². The number of hydrogen-bond donors (Lipinski definition) is 3. The van der Waals surface area contributed by atoms with Crippen molar-refractivity contribution in [1.29, 1.82) is 0 Å². The van der Waals surface area contributed by atoms with Crippen LogP contribution in [-0.4, -0.2) is 48.7 Å². The van der Waals surface area contributed by atoms with Crippen molar-refractivity contribution in [3.05, 3.63) is 35.2 Å². The summed E-state index contributed by atoms with van der Waals surface area (Å²) in [6, 6.07) is 2.20. The van der Waals surface area contributed by atoms with Crippen molar-refractivity contribution in [1.82, 2.24) is 10.6 Å². The predicted molar refractivity (Wildman–Crippen MR) is 163 cm³/mol. The Morgan fingerprint density at radius 1 is 1.05 bits per heavy atom. The molecular weight excluding hydrogens is 563 g/mol. The van der Waals surface area contributed by atoms with Crippen LogP contribution in [-0.2, 0) is 9.59 Å². The fourth-order valence-corrected chi connectivity index (χ4v) is 8.19. The van der Waals surface area contributed by atoms with E-state index in [4.69, 9.17) is 9.47 Å². The third-order valence-corrected chi connectivity index (χ3v) is 11.7. The lowest BCUT2D eigenvalue weighted by atomic mass is 9.70. The minimum absolute atomic E-state index is 0.0133. The van der Waals surface area contributed by atoms with E-state index >= 15 is 4.39 Å². The molecule has 1 aromatic rings. The zero-order valence-electron chi connectivity index (χ0n) is 26.3. The number of hydrogen-bond acceptors (Lipinski definition) is 5. The van der Waals surface area contributed by atoms with E-state index < -0.39 is 23.1 Å². The van der Waals surface area contributed by atoms with Crippen LogP contribution in [0.1, 0.15) is 101 Å². The highest BCUT2D eigenvalue weighted by atomic mass is 19.1. The molecule has 0 radical (unpaired) electrons. The van der Waals surface area contributed by atoms with Crippen molar-refractivity contribution >= 4 is 17.8 Å². The molecule has 8 nitrogen and oxygen atoms in total. The third-order valence-electron chi connectivity index (χ3n) is 11.7. The number of carboxylic acids is 1. The van der Waals surface area contributed by atoms with Gasteiger partial charge in [0.1, 0.15) is 5.75 Å². The molecule has 0 heterocycles. The van der Waals surface area contributed by atoms with Gasteiger partial charge in [0.05, 0.1) is 30.1 Å². The highest BCUT2D eigenvalue weighted by molar-refractivity contribution is 5.98. The van der Waals surface area contributed by atoms with Crippen LogP contribution < -0.4 is 20.1 Å². The van der Waals surface area contributed by atoms with Gasteiger partial charge in [0.25, 0.3) is 5.91 Å². The number of carbonyl (C=O) groups is 3. The molecule has 0 saturated heterocycles. The summed E-state index contributed by atoms with van der Waals surface area (Å²) in [5.41, 5.74) is 0.863. The highest BCUT2D eigenvalue weighted by Crippen LogP contribution is 2.53. The van der Waals surface area contributed by atoms with Gasteiger partial charge in [-0.15, -0.1) is 0 Å². The zero-order valence-corrected chi connectivity index (χ0v) is 26.3. The first-order chi connectivity index (χ1) is 21.0. The molecule has 0 aromatic heterocycles. The number of carbonyl (C=O) groups excluding carboxylic acids is 2. The SMILES string of the molecule is COc1cc(F)c(OC2CCC(C)(C(=O)O)CC2)cc1C(=O)N[C@H]1[C@@H](C(=O)NCC2(C)CCC2)[C@@H]2C/C(=C\C3CCC3)[C@H]1C2. The second-order valence-electron chi connectivity index (χ2n) is 14.8. The molecular formula is C35H47FN2O6. The molecule has 5 fully saturated rings. The van der Waals surface area contributed by atoms with E-state index in [0.717, 1.165) is 25.7 Å². The second kappa shape index (κ2) is 12.0. The van der Waals surface area contributed by atoms with E-state index in [2.05, 4.69) is 23.6 Å². The quantitative estimate of drug-likeness (QED) is 0.279. The van der Waals surface area contributed by atoms with Crippen LogP contribution >= 0.6 is 0 Å². The maximum atomic E-state index is 15.1. The molecule has 0 unspecified atom stereocenters. The van der Waals surface area contributed by atoms with Crippen molar-refractivity contribution in [3.63, 3.8) is 0 Å². The lowest BCUT2D eigenvalue weighted by molar-refractivity contribution is -0.150. The summed E-state index contributed by atoms with van der Waals surface area (Å²) in [4.78, 5) is 39.2. The number of fused-ring (bicyclic) bond motifs is 2. The summed E-state index contributed by atoms with van der Waals surface area (Å²) >= 11 is 0. The number of allylic oxidation sites excluding steroid dienone is 1. The van der Waals surface area contributed by atoms with Gasteiger partial charge in [-0.05, 0) is 94.4 Å². The van der Waals surface area contributed by atoms with Crippen LogP contribution in [0.25, 0.3) is 0 Å². The van der Waals surface area contributed by atoms with E-state index in [1.807, 2.05) is 0 Å². The molecule has 4 atom stereocenters. The Morgan fingerprint density at radius 2 is 1.77 bits per heavy atom. The molecule has 0 spiro atoms. The summed E-state index contributed by atoms with van der Waals surface area (Å²) < 4.78 is 26.6. The summed E-state index contributed by atoms with van der Waals surface area (Å²) in [5.74, 6) is -1.27. The van der Waals surface area contributed by atoms with Crippen LogP contribution in [0.5, 0.6) is 11.5 Å². The van der Waals surface area contributed by atoms with E-state index in [1.54, 1.807) is 6.92 Å². The molecule has 9 heteroatoms. The number of carboxylic acid groups (broad SMARTS) is 1. The Kier molecular flexibility index (Phi) is 8.44. The fourth-order valence-electron chi connectivity index (χ4n) is 8.19. The van der Waals surface area contributed by atoms with Gasteiger partial charge in [-0.3, -0.25) is 14.4 Å². The summed E-state index contributed by atoms with van der Waals surface area (Å²) in [7, 11) is 1.40. The number of halogens is 1. The number of nitrogens with one attached hydrogen (secondary N) is 2. The average molecular weight is 611 g/mol. The van der Waals surface area contributed by atoms with E-state index in [-0.39, 0.29) is 58.3 Å². The smallest absolute Gasteiger partial charge is 0.309 e. The fraction of sp³-hybridized carbons (Fsp3) is 0.686. The van der Waals surface area contributed by atoms with Crippen molar-refractivity contribution in [3.8, 4) is 11.5 Å². The molecule has 1 aromatic carbocycles. The Labute approximate surface area is 259 Å². The number of aliphatic carboxylic acids is 1. The maximum Gasteiger partial charge on any atom is 0.309 e. The van der Waals surface area contributed by atoms with Crippen LogP contribution in [0.15, 0.2) is 23.8 Å². The number of ether oxygens (including phenoxy) is 2. The van der Waals surface area contributed by atoms with Crippen LogP contribution in [0.3, 0.4) is 0 Å². The van der Waals surface area contributed by atoms with Gasteiger partial charge < -0.3 is 25.2 Å². The average Bonchev–Trinajstić information content (AvgIpc) is 3.53. The van der Waals surface area contributed by atoms with Crippen molar-refractivity contribution in [2.75, 3.05) is 13.7 Å². The number of rotatable bonds is 10. The standard InChI is InChI=1S/C35H47FN2O6/c1-34(10-5-11-34)19-37-32(40)29-22-15-21(14-20-6-4-7-20)24(16-22)30(29)38-31(39)25-17-28(26(36)18-27(25)43-3)44-23-8-12-35(2,13-9-23)33(41)42/h14,17-18,20,22-24,29-30H,4-13,15-16,19H2,1-3H3,(H,37,40)(H,38,39)(H,41,42)/b21-14+/t22-,23?,24-,29+,30-,35?/m1/s1. The monoisotopic (exact) mass is 610 g/mol. The first-order valence-corrected chi connectivity index (χ1v) is 16.6. The maximum absolute atomic E-state index is 15.1. The molecule has 3 N–H and O–H groups in total. The largest absolute Gasteiger partial charge is 0.496 e. The first-order valence-electron chi connectivity index (χ1n) is 16.6. The van der Waals surface area contributed by atoms with Crippen molar-refractivity contribution in [2.24, 2.45) is 34.5 Å². The van der Waals surface area contributed by atoms with Gasteiger partial charge in [-0.1, -0.05) is 31.4 Å². The van der Waals surface area contributed by atoms with E-state index in [0.29, 0.717) is 38.1 Å². The normalized spacial score (nSPS) is 33.3. The van der Waals surface area contributed by atoms with E-state index in [9.17, 15) is 19.5 Å². The molecule has 5 aliphatic rings. The molecule has 6 rings (SSSR count). The van der Waals surface area contributed by atoms with Crippen LogP contribution in [0.2, 0.25) is 0 Å². The highest BCUT2D eigenvalue weighted by Gasteiger charge is 2.54. The Balaban J connectivity index is 1.20. The molecule has 44 heavy (non-hydrogen) atoms. The third kappa shape index (κ3) is 5.95. The van der Waals surface area contributed by atoms with Gasteiger partial charge in [0.2, 0.25) is 5.91 Å². The van der Waals surface area contributed by atoms with Gasteiger partial charge in [-0.2, -0.15) is 0 Å². The van der Waals surface area contributed by atoms with Crippen molar-refractivity contribution in [2.45, 2.75) is 103 Å².